The summed E-state index contributed by atoms with van der Waals surface area (Å²) in [6.07, 6.45) is 0. The zero-order valence-electron chi connectivity index (χ0n) is 17.5. The van der Waals surface area contributed by atoms with Crippen LogP contribution < -0.4 is 15.6 Å². The fourth-order valence-electron chi connectivity index (χ4n) is 3.67. The number of rotatable bonds is 5. The van der Waals surface area contributed by atoms with E-state index in [9.17, 15) is 14.0 Å². The van der Waals surface area contributed by atoms with Crippen LogP contribution in [-0.4, -0.2) is 32.8 Å². The number of aromatic nitrogens is 4. The SMILES string of the molecule is COc1cccc(CNC(=O)c2ccc3c(=O)nc4c(-c5ccccc5F)n[nH]n4c3c2)c1. The van der Waals surface area contributed by atoms with Crippen LogP contribution in [0.3, 0.4) is 0 Å². The third kappa shape index (κ3) is 3.69. The molecule has 1 amide bonds. The van der Waals surface area contributed by atoms with Gasteiger partial charge in [0.2, 0.25) is 0 Å². The Hall–Kier alpha value is -4.53. The second-order valence-corrected chi connectivity index (χ2v) is 7.38. The highest BCUT2D eigenvalue weighted by Gasteiger charge is 2.17. The summed E-state index contributed by atoms with van der Waals surface area (Å²) >= 11 is 0. The first-order chi connectivity index (χ1) is 16.0. The molecule has 2 heterocycles. The number of nitrogens with one attached hydrogen (secondary N) is 2. The van der Waals surface area contributed by atoms with Crippen LogP contribution in [0.1, 0.15) is 15.9 Å². The number of methoxy groups -OCH3 is 1. The maximum absolute atomic E-state index is 14.3. The van der Waals surface area contributed by atoms with Gasteiger partial charge in [0.05, 0.1) is 18.0 Å². The molecule has 0 spiro atoms. The van der Waals surface area contributed by atoms with Crippen LogP contribution in [0.2, 0.25) is 0 Å². The third-order valence-corrected chi connectivity index (χ3v) is 5.34. The number of hydrogen-bond acceptors (Lipinski definition) is 5. The summed E-state index contributed by atoms with van der Waals surface area (Å²) in [5, 5.41) is 10.1. The molecule has 2 N–H and O–H groups in total. The first-order valence-corrected chi connectivity index (χ1v) is 10.1. The Kier molecular flexibility index (Phi) is 5.06. The van der Waals surface area contributed by atoms with Gasteiger partial charge >= 0.3 is 0 Å². The molecule has 3 aromatic carbocycles. The van der Waals surface area contributed by atoms with Crippen LogP contribution >= 0.6 is 0 Å². The summed E-state index contributed by atoms with van der Waals surface area (Å²) in [6.45, 7) is 0.307. The standard InChI is InChI=1S/C24H18FN5O3/c1-33-16-6-4-5-14(11-16)13-26-23(31)15-9-10-18-20(12-15)30-22(27-24(18)32)21(28-29-30)17-7-2-3-8-19(17)25/h2-12,29H,13H2,1H3,(H,26,31). The van der Waals surface area contributed by atoms with Gasteiger partial charge in [-0.25, -0.2) is 14.1 Å². The van der Waals surface area contributed by atoms with Crippen LogP contribution in [-0.2, 0) is 6.54 Å². The van der Waals surface area contributed by atoms with Crippen LogP contribution in [0.5, 0.6) is 5.75 Å². The first kappa shape index (κ1) is 20.4. The molecule has 5 aromatic rings. The number of aromatic amines is 1. The van der Waals surface area contributed by atoms with Crippen molar-refractivity contribution in [3.05, 3.63) is 94.0 Å². The van der Waals surface area contributed by atoms with E-state index in [0.717, 1.165) is 5.56 Å². The third-order valence-electron chi connectivity index (χ3n) is 5.34. The van der Waals surface area contributed by atoms with Gasteiger partial charge in [0.1, 0.15) is 17.3 Å². The zero-order chi connectivity index (χ0) is 22.9. The molecule has 0 aliphatic rings. The summed E-state index contributed by atoms with van der Waals surface area (Å²) in [6, 6.07) is 18.2. The second kappa shape index (κ2) is 8.19. The largest absolute Gasteiger partial charge is 0.497 e. The smallest absolute Gasteiger partial charge is 0.281 e. The lowest BCUT2D eigenvalue weighted by atomic mass is 10.1. The highest BCUT2D eigenvalue weighted by atomic mass is 19.1. The molecule has 9 heteroatoms. The lowest BCUT2D eigenvalue weighted by Gasteiger charge is -2.08. The molecule has 33 heavy (non-hydrogen) atoms. The topological polar surface area (TPSA) is 101 Å². The van der Waals surface area contributed by atoms with Gasteiger partial charge < -0.3 is 10.1 Å². The number of benzene rings is 3. The van der Waals surface area contributed by atoms with E-state index in [4.69, 9.17) is 4.74 Å². The normalized spacial score (nSPS) is 11.1. The molecule has 2 aromatic heterocycles. The average molecular weight is 443 g/mol. The van der Waals surface area contributed by atoms with Crippen molar-refractivity contribution in [2.24, 2.45) is 0 Å². The molecule has 0 unspecified atom stereocenters. The number of fused-ring (bicyclic) bond motifs is 3. The second-order valence-electron chi connectivity index (χ2n) is 7.38. The molecule has 0 fully saturated rings. The molecule has 164 valence electrons. The number of halogens is 1. The number of nitrogens with zero attached hydrogens (tertiary/aromatic N) is 3. The molecule has 0 saturated heterocycles. The fraction of sp³-hybridized carbons (Fsp3) is 0.0833. The minimum Gasteiger partial charge on any atom is -0.497 e. The Morgan fingerprint density at radius 1 is 1.12 bits per heavy atom. The van der Waals surface area contributed by atoms with Gasteiger partial charge in [-0.2, -0.15) is 10.1 Å². The lowest BCUT2D eigenvalue weighted by molar-refractivity contribution is 0.0951. The predicted octanol–water partition coefficient (Wildman–Crippen LogP) is 3.32. The van der Waals surface area contributed by atoms with Crippen LogP contribution in [0.25, 0.3) is 27.8 Å². The van der Waals surface area contributed by atoms with Crippen LogP contribution in [0, 0.1) is 5.82 Å². The van der Waals surface area contributed by atoms with E-state index in [2.05, 4.69) is 20.6 Å². The van der Waals surface area contributed by atoms with Gasteiger partial charge in [-0.3, -0.25) is 9.59 Å². The van der Waals surface area contributed by atoms with E-state index in [1.54, 1.807) is 43.5 Å². The van der Waals surface area contributed by atoms with Crippen LogP contribution in [0.4, 0.5) is 4.39 Å². The summed E-state index contributed by atoms with van der Waals surface area (Å²) in [5.74, 6) is -0.0929. The number of ether oxygens (including phenoxy) is 1. The van der Waals surface area contributed by atoms with Crippen molar-refractivity contribution in [2.45, 2.75) is 6.54 Å². The summed E-state index contributed by atoms with van der Waals surface area (Å²) in [4.78, 5) is 29.5. The molecular weight excluding hydrogens is 425 g/mol. The first-order valence-electron chi connectivity index (χ1n) is 10.1. The summed E-state index contributed by atoms with van der Waals surface area (Å²) in [5.41, 5.74) is 1.75. The Morgan fingerprint density at radius 2 is 1.97 bits per heavy atom. The lowest BCUT2D eigenvalue weighted by Crippen LogP contribution is -2.23. The molecule has 0 atom stereocenters. The monoisotopic (exact) mass is 443 g/mol. The van der Waals surface area contributed by atoms with Crippen molar-refractivity contribution < 1.29 is 13.9 Å². The van der Waals surface area contributed by atoms with Gasteiger partial charge in [0.25, 0.3) is 11.5 Å². The Balaban J connectivity index is 1.52. The molecule has 0 aliphatic carbocycles. The fourth-order valence-corrected chi connectivity index (χ4v) is 3.67. The Bertz CT molecular complexity index is 1570. The van der Waals surface area contributed by atoms with E-state index >= 15 is 0 Å². The predicted molar refractivity (Wildman–Crippen MR) is 121 cm³/mol. The molecular formula is C24H18FN5O3. The molecule has 0 radical (unpaired) electrons. The van der Waals surface area contributed by atoms with Crippen molar-refractivity contribution in [3.63, 3.8) is 0 Å². The van der Waals surface area contributed by atoms with Crippen LogP contribution in [0.15, 0.2) is 71.5 Å². The van der Waals surface area contributed by atoms with E-state index in [-0.39, 0.29) is 22.8 Å². The molecule has 0 bridgehead atoms. The number of carbonyl (C=O) groups is 1. The molecule has 5 rings (SSSR count). The molecule has 0 saturated carbocycles. The minimum atomic E-state index is -0.493. The van der Waals surface area contributed by atoms with Gasteiger partial charge in [0.15, 0.2) is 5.65 Å². The average Bonchev–Trinajstić information content (AvgIpc) is 3.26. The Morgan fingerprint density at radius 3 is 2.79 bits per heavy atom. The van der Waals surface area contributed by atoms with E-state index in [0.29, 0.717) is 28.8 Å². The van der Waals surface area contributed by atoms with Crippen molar-refractivity contribution in [2.75, 3.05) is 7.11 Å². The van der Waals surface area contributed by atoms with E-state index < -0.39 is 11.4 Å². The van der Waals surface area contributed by atoms with Crippen molar-refractivity contribution in [1.82, 2.24) is 25.1 Å². The number of H-pyrrole nitrogens is 1. The quantitative estimate of drug-likeness (QED) is 0.434. The van der Waals surface area contributed by atoms with Crippen molar-refractivity contribution in [1.29, 1.82) is 0 Å². The number of hydrogen-bond donors (Lipinski definition) is 2. The van der Waals surface area contributed by atoms with Gasteiger partial charge in [-0.05, 0) is 48.0 Å². The molecule has 0 aliphatic heterocycles. The minimum absolute atomic E-state index is 0.173. The zero-order valence-corrected chi connectivity index (χ0v) is 17.5. The Labute approximate surface area is 186 Å². The number of amides is 1. The highest BCUT2D eigenvalue weighted by Crippen LogP contribution is 2.25. The maximum atomic E-state index is 14.3. The summed E-state index contributed by atoms with van der Waals surface area (Å²) < 4.78 is 21.0. The molecule has 8 nitrogen and oxygen atoms in total. The maximum Gasteiger partial charge on any atom is 0.281 e. The summed E-state index contributed by atoms with van der Waals surface area (Å²) in [7, 11) is 1.58. The van der Waals surface area contributed by atoms with Gasteiger partial charge in [-0.15, -0.1) is 0 Å². The van der Waals surface area contributed by atoms with Crippen molar-refractivity contribution >= 4 is 22.5 Å². The van der Waals surface area contributed by atoms with Crippen molar-refractivity contribution in [3.8, 4) is 17.0 Å². The van der Waals surface area contributed by atoms with E-state index in [1.165, 1.54) is 10.6 Å². The highest BCUT2D eigenvalue weighted by molar-refractivity contribution is 5.98. The van der Waals surface area contributed by atoms with Gasteiger partial charge in [-0.1, -0.05) is 24.3 Å². The number of carbonyl (C=O) groups excluding carboxylic acids is 1. The van der Waals surface area contributed by atoms with E-state index in [1.807, 2.05) is 24.3 Å². The van der Waals surface area contributed by atoms with Gasteiger partial charge in [0, 0.05) is 17.7 Å².